The molecule has 0 aromatic heterocycles. The Labute approximate surface area is 122 Å². The molecule has 2 rings (SSSR count). The average molecular weight is 289 g/mol. The van der Waals surface area contributed by atoms with E-state index in [4.69, 9.17) is 9.84 Å². The van der Waals surface area contributed by atoms with Crippen LogP contribution in [0.15, 0.2) is 42.5 Å². The first-order valence-electron chi connectivity index (χ1n) is 6.50. The molecule has 2 aromatic carbocycles. The van der Waals surface area contributed by atoms with Crippen molar-refractivity contribution in [2.75, 3.05) is 19.0 Å². The Kier molecular flexibility index (Phi) is 4.77. The molecule has 0 radical (unpaired) electrons. The van der Waals surface area contributed by atoms with E-state index < -0.39 is 11.8 Å². The van der Waals surface area contributed by atoms with Crippen LogP contribution < -0.4 is 10.1 Å². The second-order valence-corrected chi connectivity index (χ2v) is 4.52. The molecule has 0 spiro atoms. The van der Waals surface area contributed by atoms with Gasteiger partial charge in [-0.25, -0.2) is 9.18 Å². The first-order chi connectivity index (χ1) is 10.1. The summed E-state index contributed by atoms with van der Waals surface area (Å²) in [6, 6.07) is 11.5. The maximum atomic E-state index is 13.7. The zero-order valence-corrected chi connectivity index (χ0v) is 11.6. The maximum absolute atomic E-state index is 13.7. The Hall–Kier alpha value is -2.56. The van der Waals surface area contributed by atoms with Crippen molar-refractivity contribution < 1.29 is 19.0 Å². The van der Waals surface area contributed by atoms with Crippen molar-refractivity contribution >= 4 is 11.7 Å². The van der Waals surface area contributed by atoms with Crippen LogP contribution in [-0.4, -0.2) is 24.7 Å². The zero-order valence-electron chi connectivity index (χ0n) is 11.6. The Morgan fingerprint density at radius 1 is 1.24 bits per heavy atom. The fourth-order valence-corrected chi connectivity index (χ4v) is 1.93. The molecule has 110 valence electrons. The molecular weight excluding hydrogens is 273 g/mol. The number of carbonyl (C=O) groups is 1. The highest BCUT2D eigenvalue weighted by Gasteiger charge is 2.07. The highest BCUT2D eigenvalue weighted by atomic mass is 19.1. The van der Waals surface area contributed by atoms with Crippen molar-refractivity contribution in [2.45, 2.75) is 6.42 Å². The van der Waals surface area contributed by atoms with Crippen LogP contribution in [0.4, 0.5) is 10.1 Å². The standard InChI is InChI=1S/C16H16FNO3/c1-21-13-5-2-11(3-6-13)8-9-18-15-7-4-12(16(19)20)10-14(15)17/h2-7,10,18H,8-9H2,1H3,(H,19,20). The van der Waals surface area contributed by atoms with E-state index in [0.29, 0.717) is 12.2 Å². The third-order valence-corrected chi connectivity index (χ3v) is 3.10. The lowest BCUT2D eigenvalue weighted by Gasteiger charge is -2.08. The number of hydrogen-bond donors (Lipinski definition) is 2. The van der Waals surface area contributed by atoms with Gasteiger partial charge in [-0.1, -0.05) is 12.1 Å². The van der Waals surface area contributed by atoms with Crippen molar-refractivity contribution in [1.82, 2.24) is 0 Å². The summed E-state index contributed by atoms with van der Waals surface area (Å²) in [6.45, 7) is 0.551. The minimum absolute atomic E-state index is 0.0618. The van der Waals surface area contributed by atoms with Crippen LogP contribution in [0.2, 0.25) is 0 Å². The van der Waals surface area contributed by atoms with E-state index in [2.05, 4.69) is 5.32 Å². The summed E-state index contributed by atoms with van der Waals surface area (Å²) >= 11 is 0. The molecular formula is C16H16FNO3. The van der Waals surface area contributed by atoms with Gasteiger partial charge in [0.05, 0.1) is 18.4 Å². The number of carboxylic acids is 1. The summed E-state index contributed by atoms with van der Waals surface area (Å²) in [5.74, 6) is -0.912. The Balaban J connectivity index is 1.92. The van der Waals surface area contributed by atoms with Gasteiger partial charge in [-0.3, -0.25) is 0 Å². The topological polar surface area (TPSA) is 58.6 Å². The van der Waals surface area contributed by atoms with E-state index >= 15 is 0 Å². The van der Waals surface area contributed by atoms with Gasteiger partial charge in [-0.2, -0.15) is 0 Å². The second-order valence-electron chi connectivity index (χ2n) is 4.52. The summed E-state index contributed by atoms with van der Waals surface area (Å²) < 4.78 is 18.8. The fraction of sp³-hybridized carbons (Fsp3) is 0.188. The molecule has 0 bridgehead atoms. The van der Waals surface area contributed by atoms with Gasteiger partial charge < -0.3 is 15.2 Å². The van der Waals surface area contributed by atoms with Crippen molar-refractivity contribution in [3.05, 3.63) is 59.4 Å². The zero-order chi connectivity index (χ0) is 15.2. The molecule has 0 aliphatic rings. The summed E-state index contributed by atoms with van der Waals surface area (Å²) in [5, 5.41) is 11.7. The smallest absolute Gasteiger partial charge is 0.335 e. The van der Waals surface area contributed by atoms with Crippen LogP contribution in [0.5, 0.6) is 5.75 Å². The SMILES string of the molecule is COc1ccc(CCNc2ccc(C(=O)O)cc2F)cc1. The first kappa shape index (κ1) is 14.8. The molecule has 0 heterocycles. The molecule has 0 atom stereocenters. The van der Waals surface area contributed by atoms with E-state index in [1.54, 1.807) is 7.11 Å². The molecule has 0 unspecified atom stereocenters. The highest BCUT2D eigenvalue weighted by molar-refractivity contribution is 5.88. The number of hydrogen-bond acceptors (Lipinski definition) is 3. The third kappa shape index (κ3) is 3.95. The number of methoxy groups -OCH3 is 1. The molecule has 0 aliphatic heterocycles. The molecule has 0 saturated heterocycles. The van der Waals surface area contributed by atoms with Crippen molar-refractivity contribution in [1.29, 1.82) is 0 Å². The van der Waals surface area contributed by atoms with Crippen molar-refractivity contribution in [3.8, 4) is 5.75 Å². The number of halogens is 1. The van der Waals surface area contributed by atoms with Gasteiger partial charge in [0, 0.05) is 6.54 Å². The normalized spacial score (nSPS) is 10.2. The molecule has 0 fully saturated rings. The molecule has 0 aliphatic carbocycles. The minimum atomic E-state index is -1.14. The number of benzene rings is 2. The Bertz CT molecular complexity index is 626. The largest absolute Gasteiger partial charge is 0.497 e. The Morgan fingerprint density at radius 2 is 1.95 bits per heavy atom. The van der Waals surface area contributed by atoms with E-state index in [0.717, 1.165) is 23.8 Å². The van der Waals surface area contributed by atoms with E-state index in [1.165, 1.54) is 12.1 Å². The molecule has 4 nitrogen and oxygen atoms in total. The third-order valence-electron chi connectivity index (χ3n) is 3.10. The molecule has 0 amide bonds. The molecule has 2 aromatic rings. The minimum Gasteiger partial charge on any atom is -0.497 e. The summed E-state index contributed by atoms with van der Waals surface area (Å²) in [6.07, 6.45) is 0.726. The summed E-state index contributed by atoms with van der Waals surface area (Å²) in [7, 11) is 1.61. The summed E-state index contributed by atoms with van der Waals surface area (Å²) in [5.41, 5.74) is 1.34. The lowest BCUT2D eigenvalue weighted by molar-refractivity contribution is 0.0696. The Morgan fingerprint density at radius 3 is 2.52 bits per heavy atom. The van der Waals surface area contributed by atoms with Crippen LogP contribution in [0.3, 0.4) is 0 Å². The number of rotatable bonds is 6. The monoisotopic (exact) mass is 289 g/mol. The number of carboxylic acid groups (broad SMARTS) is 1. The highest BCUT2D eigenvalue weighted by Crippen LogP contribution is 2.16. The molecule has 5 heteroatoms. The van der Waals surface area contributed by atoms with Gasteiger partial charge in [-0.05, 0) is 42.3 Å². The van der Waals surface area contributed by atoms with E-state index in [1.807, 2.05) is 24.3 Å². The van der Waals surface area contributed by atoms with Crippen LogP contribution in [-0.2, 0) is 6.42 Å². The number of ether oxygens (including phenoxy) is 1. The maximum Gasteiger partial charge on any atom is 0.335 e. The van der Waals surface area contributed by atoms with Gasteiger partial charge in [0.15, 0.2) is 0 Å². The van der Waals surface area contributed by atoms with Crippen LogP contribution in [0.1, 0.15) is 15.9 Å². The summed E-state index contributed by atoms with van der Waals surface area (Å²) in [4.78, 5) is 10.7. The predicted molar refractivity (Wildman–Crippen MR) is 78.5 cm³/mol. The fourth-order valence-electron chi connectivity index (χ4n) is 1.93. The van der Waals surface area contributed by atoms with Crippen LogP contribution in [0.25, 0.3) is 0 Å². The number of anilines is 1. The molecule has 0 saturated carbocycles. The van der Waals surface area contributed by atoms with Crippen LogP contribution >= 0.6 is 0 Å². The first-order valence-corrected chi connectivity index (χ1v) is 6.50. The number of aromatic carboxylic acids is 1. The average Bonchev–Trinajstić information content (AvgIpc) is 2.49. The van der Waals surface area contributed by atoms with Gasteiger partial charge in [0.25, 0.3) is 0 Å². The van der Waals surface area contributed by atoms with Crippen molar-refractivity contribution in [2.24, 2.45) is 0 Å². The van der Waals surface area contributed by atoms with Gasteiger partial charge in [-0.15, -0.1) is 0 Å². The quantitative estimate of drug-likeness (QED) is 0.857. The van der Waals surface area contributed by atoms with Gasteiger partial charge in [0.1, 0.15) is 11.6 Å². The lowest BCUT2D eigenvalue weighted by atomic mass is 10.1. The second kappa shape index (κ2) is 6.74. The van der Waals surface area contributed by atoms with Crippen molar-refractivity contribution in [3.63, 3.8) is 0 Å². The molecule has 2 N–H and O–H groups in total. The van der Waals surface area contributed by atoms with E-state index in [9.17, 15) is 9.18 Å². The molecule has 21 heavy (non-hydrogen) atoms. The lowest BCUT2D eigenvalue weighted by Crippen LogP contribution is -2.07. The van der Waals surface area contributed by atoms with Crippen LogP contribution in [0, 0.1) is 5.82 Å². The predicted octanol–water partition coefficient (Wildman–Crippen LogP) is 3.19. The van der Waals surface area contributed by atoms with Gasteiger partial charge >= 0.3 is 5.97 Å². The van der Waals surface area contributed by atoms with Gasteiger partial charge in [0.2, 0.25) is 0 Å². The van der Waals surface area contributed by atoms with E-state index in [-0.39, 0.29) is 5.56 Å². The number of nitrogens with one attached hydrogen (secondary N) is 1.